The number of aromatic amines is 2. The molecule has 4 rings (SSSR count). The zero-order valence-corrected chi connectivity index (χ0v) is 23.4. The maximum atomic E-state index is 11.6. The molecule has 6 heteroatoms. The summed E-state index contributed by atoms with van der Waals surface area (Å²) in [5.74, 6) is 0. The second-order valence-corrected chi connectivity index (χ2v) is 11.6. The van der Waals surface area contributed by atoms with Crippen LogP contribution >= 0.6 is 0 Å². The summed E-state index contributed by atoms with van der Waals surface area (Å²) in [4.78, 5) is 29.1. The highest BCUT2D eigenvalue weighted by molar-refractivity contribution is 5.27. The van der Waals surface area contributed by atoms with E-state index >= 15 is 0 Å². The molecule has 2 heterocycles. The average Bonchev–Trinajstić information content (AvgIpc) is 2.92. The number of aromatic nitrogens is 2. The van der Waals surface area contributed by atoms with Gasteiger partial charge in [-0.2, -0.15) is 0 Å². The lowest BCUT2D eigenvalue weighted by molar-refractivity contribution is 0.441. The fourth-order valence-corrected chi connectivity index (χ4v) is 6.40. The number of unbranched alkanes of at least 4 members (excludes halogenated alkanes) is 11. The number of pyridine rings is 2. The summed E-state index contributed by atoms with van der Waals surface area (Å²) in [6.45, 7) is 2.15. The molecule has 38 heavy (non-hydrogen) atoms. The summed E-state index contributed by atoms with van der Waals surface area (Å²) in [5, 5.41) is 7.45. The molecular weight excluding hydrogens is 472 g/mol. The Hall–Kier alpha value is -2.18. The Bertz CT molecular complexity index is 990. The highest BCUT2D eigenvalue weighted by atomic mass is 16.1. The lowest BCUT2D eigenvalue weighted by Gasteiger charge is -2.26. The van der Waals surface area contributed by atoms with Crippen molar-refractivity contribution in [1.29, 1.82) is 0 Å². The number of rotatable bonds is 17. The molecule has 0 saturated heterocycles. The standard InChI is InChI=1S/C32H50N4O2/c37-31-21-19-25-27(15-13-17-29(25)35-31)33-23-11-9-7-5-3-1-2-4-6-8-10-12-24-34-28-16-14-18-30-26(28)20-22-32(38)36-30/h19-22,27-28,33-34H,1-18,23-24H2,(H,35,37)(H,36,38)/t27-,28-/m0/s1. The molecule has 0 spiro atoms. The van der Waals surface area contributed by atoms with E-state index in [1.807, 2.05) is 12.1 Å². The lowest BCUT2D eigenvalue weighted by Crippen LogP contribution is -2.28. The molecule has 2 aromatic rings. The van der Waals surface area contributed by atoms with Crippen molar-refractivity contribution in [2.75, 3.05) is 13.1 Å². The molecule has 2 aliphatic rings. The monoisotopic (exact) mass is 522 g/mol. The number of fused-ring (bicyclic) bond motifs is 2. The molecule has 210 valence electrons. The molecule has 0 radical (unpaired) electrons. The van der Waals surface area contributed by atoms with Gasteiger partial charge < -0.3 is 20.6 Å². The van der Waals surface area contributed by atoms with Gasteiger partial charge in [0, 0.05) is 35.6 Å². The summed E-state index contributed by atoms with van der Waals surface area (Å²) in [5.41, 5.74) is 4.93. The van der Waals surface area contributed by atoms with Gasteiger partial charge in [-0.1, -0.05) is 76.3 Å². The van der Waals surface area contributed by atoms with Crippen LogP contribution in [0.2, 0.25) is 0 Å². The molecule has 0 fully saturated rings. The zero-order chi connectivity index (χ0) is 26.4. The SMILES string of the molecule is O=c1ccc2c([nH]1)CCC[C@@H]2NCCCCCCCCCCCCCCN[C@H]1CCCc2[nH]c(=O)ccc21. The fourth-order valence-electron chi connectivity index (χ4n) is 6.40. The fraction of sp³-hybridized carbons (Fsp3) is 0.688. The van der Waals surface area contributed by atoms with Gasteiger partial charge in [0.15, 0.2) is 0 Å². The van der Waals surface area contributed by atoms with E-state index in [0.29, 0.717) is 12.1 Å². The Morgan fingerprint density at radius 3 is 1.32 bits per heavy atom. The first-order valence-corrected chi connectivity index (χ1v) is 15.6. The third kappa shape index (κ3) is 9.23. The summed E-state index contributed by atoms with van der Waals surface area (Å²) in [6, 6.07) is 8.20. The lowest BCUT2D eigenvalue weighted by atomic mass is 9.91. The average molecular weight is 523 g/mol. The summed E-state index contributed by atoms with van der Waals surface area (Å²) in [6.07, 6.45) is 22.8. The topological polar surface area (TPSA) is 89.8 Å². The van der Waals surface area contributed by atoms with Crippen LogP contribution in [0.4, 0.5) is 0 Å². The van der Waals surface area contributed by atoms with Crippen LogP contribution < -0.4 is 21.8 Å². The Balaban J connectivity index is 0.918. The van der Waals surface area contributed by atoms with Gasteiger partial charge >= 0.3 is 0 Å². The first-order valence-electron chi connectivity index (χ1n) is 15.6. The van der Waals surface area contributed by atoms with E-state index in [1.54, 1.807) is 12.1 Å². The first kappa shape index (κ1) is 28.8. The maximum Gasteiger partial charge on any atom is 0.248 e. The molecule has 0 amide bonds. The van der Waals surface area contributed by atoms with Crippen molar-refractivity contribution in [3.8, 4) is 0 Å². The van der Waals surface area contributed by atoms with Crippen LogP contribution in [0.5, 0.6) is 0 Å². The number of nitrogens with one attached hydrogen (secondary N) is 4. The zero-order valence-electron chi connectivity index (χ0n) is 23.4. The molecule has 0 unspecified atom stereocenters. The Morgan fingerprint density at radius 1 is 0.553 bits per heavy atom. The predicted molar refractivity (Wildman–Crippen MR) is 157 cm³/mol. The molecule has 0 aromatic carbocycles. The van der Waals surface area contributed by atoms with E-state index < -0.39 is 0 Å². The van der Waals surface area contributed by atoms with Crippen molar-refractivity contribution < 1.29 is 0 Å². The van der Waals surface area contributed by atoms with Gasteiger partial charge in [0.2, 0.25) is 11.1 Å². The minimum Gasteiger partial charge on any atom is -0.326 e. The van der Waals surface area contributed by atoms with E-state index in [9.17, 15) is 9.59 Å². The largest absolute Gasteiger partial charge is 0.326 e. The molecule has 2 atom stereocenters. The van der Waals surface area contributed by atoms with Gasteiger partial charge in [0.25, 0.3) is 0 Å². The molecule has 0 aliphatic heterocycles. The van der Waals surface area contributed by atoms with Crippen molar-refractivity contribution in [1.82, 2.24) is 20.6 Å². The number of aryl methyl sites for hydroxylation is 2. The van der Waals surface area contributed by atoms with E-state index in [2.05, 4.69) is 20.6 Å². The van der Waals surface area contributed by atoms with Gasteiger partial charge in [-0.15, -0.1) is 0 Å². The highest BCUT2D eigenvalue weighted by Gasteiger charge is 2.21. The van der Waals surface area contributed by atoms with Crippen molar-refractivity contribution >= 4 is 0 Å². The van der Waals surface area contributed by atoms with Crippen LogP contribution in [-0.4, -0.2) is 23.1 Å². The Labute approximate surface area is 228 Å². The van der Waals surface area contributed by atoms with E-state index in [4.69, 9.17) is 0 Å². The summed E-state index contributed by atoms with van der Waals surface area (Å²) < 4.78 is 0. The van der Waals surface area contributed by atoms with Gasteiger partial charge in [0.05, 0.1) is 0 Å². The molecule has 0 saturated carbocycles. The second-order valence-electron chi connectivity index (χ2n) is 11.6. The van der Waals surface area contributed by atoms with E-state index in [0.717, 1.165) is 50.2 Å². The Kier molecular flexibility index (Phi) is 12.2. The normalized spacial score (nSPS) is 18.7. The van der Waals surface area contributed by atoms with Crippen molar-refractivity contribution in [2.24, 2.45) is 0 Å². The van der Waals surface area contributed by atoms with Crippen LogP contribution in [0.15, 0.2) is 33.9 Å². The van der Waals surface area contributed by atoms with E-state index in [1.165, 1.54) is 101 Å². The quantitative estimate of drug-likeness (QED) is 0.182. The minimum absolute atomic E-state index is 0.0239. The van der Waals surface area contributed by atoms with Crippen molar-refractivity contribution in [3.63, 3.8) is 0 Å². The Morgan fingerprint density at radius 2 is 0.921 bits per heavy atom. The van der Waals surface area contributed by atoms with E-state index in [-0.39, 0.29) is 11.1 Å². The maximum absolute atomic E-state index is 11.6. The molecular formula is C32H50N4O2. The van der Waals surface area contributed by atoms with Crippen LogP contribution in [0, 0.1) is 0 Å². The third-order valence-electron chi connectivity index (χ3n) is 8.55. The molecule has 2 aliphatic carbocycles. The second kappa shape index (κ2) is 16.0. The molecule has 2 aromatic heterocycles. The number of H-pyrrole nitrogens is 2. The summed E-state index contributed by atoms with van der Waals surface area (Å²) >= 11 is 0. The van der Waals surface area contributed by atoms with Crippen LogP contribution in [-0.2, 0) is 12.8 Å². The smallest absolute Gasteiger partial charge is 0.248 e. The number of hydrogen-bond donors (Lipinski definition) is 4. The van der Waals surface area contributed by atoms with Crippen molar-refractivity contribution in [2.45, 2.75) is 128 Å². The van der Waals surface area contributed by atoms with Gasteiger partial charge in [-0.05, 0) is 75.6 Å². The van der Waals surface area contributed by atoms with Gasteiger partial charge in [-0.25, -0.2) is 0 Å². The van der Waals surface area contributed by atoms with Crippen LogP contribution in [0.25, 0.3) is 0 Å². The third-order valence-corrected chi connectivity index (χ3v) is 8.55. The van der Waals surface area contributed by atoms with Crippen LogP contribution in [0.1, 0.15) is 137 Å². The minimum atomic E-state index is 0.0239. The highest BCUT2D eigenvalue weighted by Crippen LogP contribution is 2.28. The molecule has 6 nitrogen and oxygen atoms in total. The first-order chi connectivity index (χ1) is 18.7. The summed E-state index contributed by atoms with van der Waals surface area (Å²) in [7, 11) is 0. The molecule has 4 N–H and O–H groups in total. The number of hydrogen-bond acceptors (Lipinski definition) is 4. The predicted octanol–water partition coefficient (Wildman–Crippen LogP) is 6.38. The van der Waals surface area contributed by atoms with Gasteiger partial charge in [-0.3, -0.25) is 9.59 Å². The van der Waals surface area contributed by atoms with Crippen molar-refractivity contribution in [3.05, 3.63) is 67.5 Å². The van der Waals surface area contributed by atoms with Crippen LogP contribution in [0.3, 0.4) is 0 Å². The van der Waals surface area contributed by atoms with Gasteiger partial charge in [0.1, 0.15) is 0 Å². The molecule has 0 bridgehead atoms.